The van der Waals surface area contributed by atoms with Crippen LogP contribution in [0.1, 0.15) is 18.9 Å². The first-order chi connectivity index (χ1) is 9.17. The van der Waals surface area contributed by atoms with E-state index >= 15 is 0 Å². The van der Waals surface area contributed by atoms with Gasteiger partial charge in [-0.15, -0.1) is 0 Å². The van der Waals surface area contributed by atoms with Crippen molar-refractivity contribution in [3.63, 3.8) is 0 Å². The number of halogens is 1. The molecule has 6 heteroatoms. The second kappa shape index (κ2) is 6.33. The number of ether oxygens (including phenoxy) is 1. The predicted octanol–water partition coefficient (Wildman–Crippen LogP) is 3.37. The first-order valence-corrected chi connectivity index (χ1v) is 6.43. The molecule has 0 unspecified atom stereocenters. The molecule has 0 radical (unpaired) electrons. The predicted molar refractivity (Wildman–Crippen MR) is 75.1 cm³/mol. The maximum Gasteiger partial charge on any atom is 0.322 e. The Hall–Kier alpha value is -1.88. The highest BCUT2D eigenvalue weighted by molar-refractivity contribution is 6.28. The van der Waals surface area contributed by atoms with Crippen LogP contribution in [0.2, 0.25) is 5.28 Å². The summed E-state index contributed by atoms with van der Waals surface area (Å²) in [6.45, 7) is 4.57. The van der Waals surface area contributed by atoms with Crippen LogP contribution >= 0.6 is 11.6 Å². The largest absolute Gasteiger partial charge is 0.463 e. The van der Waals surface area contributed by atoms with Gasteiger partial charge in [-0.05, 0) is 42.6 Å². The van der Waals surface area contributed by atoms with Crippen molar-refractivity contribution in [3.05, 3.63) is 35.1 Å². The van der Waals surface area contributed by atoms with Crippen LogP contribution in [0, 0.1) is 6.92 Å². The minimum Gasteiger partial charge on any atom is -0.463 e. The van der Waals surface area contributed by atoms with Gasteiger partial charge in [0, 0.05) is 5.69 Å². The summed E-state index contributed by atoms with van der Waals surface area (Å²) in [4.78, 5) is 12.1. The van der Waals surface area contributed by atoms with Crippen molar-refractivity contribution in [3.8, 4) is 6.01 Å². The Morgan fingerprint density at radius 2 is 2.11 bits per heavy atom. The number of aromatic nitrogens is 3. The highest BCUT2D eigenvalue weighted by atomic mass is 35.5. The van der Waals surface area contributed by atoms with E-state index in [2.05, 4.69) is 20.3 Å². The van der Waals surface area contributed by atoms with Crippen LogP contribution < -0.4 is 10.1 Å². The van der Waals surface area contributed by atoms with Gasteiger partial charge in [0.2, 0.25) is 11.2 Å². The number of anilines is 2. The summed E-state index contributed by atoms with van der Waals surface area (Å²) in [5.74, 6) is 0.372. The smallest absolute Gasteiger partial charge is 0.322 e. The molecule has 0 aliphatic carbocycles. The van der Waals surface area contributed by atoms with E-state index in [0.717, 1.165) is 17.7 Å². The van der Waals surface area contributed by atoms with Gasteiger partial charge in [-0.2, -0.15) is 15.0 Å². The average molecular weight is 279 g/mol. The molecule has 0 saturated carbocycles. The van der Waals surface area contributed by atoms with E-state index in [9.17, 15) is 0 Å². The number of nitrogens with one attached hydrogen (secondary N) is 1. The molecule has 100 valence electrons. The highest BCUT2D eigenvalue weighted by Gasteiger charge is 2.06. The highest BCUT2D eigenvalue weighted by Crippen LogP contribution is 2.17. The molecule has 1 N–H and O–H groups in total. The molecule has 1 aromatic carbocycles. The van der Waals surface area contributed by atoms with Crippen molar-refractivity contribution in [2.75, 3.05) is 11.9 Å². The van der Waals surface area contributed by atoms with Crippen molar-refractivity contribution < 1.29 is 4.74 Å². The summed E-state index contributed by atoms with van der Waals surface area (Å²) in [6, 6.07) is 8.12. The Kier molecular flexibility index (Phi) is 4.52. The zero-order valence-corrected chi connectivity index (χ0v) is 11.6. The second-order valence-electron chi connectivity index (χ2n) is 4.05. The average Bonchev–Trinajstić information content (AvgIpc) is 2.35. The number of rotatable bonds is 5. The van der Waals surface area contributed by atoms with E-state index in [1.165, 1.54) is 0 Å². The van der Waals surface area contributed by atoms with Crippen LogP contribution in [0.15, 0.2) is 24.3 Å². The molecule has 2 aromatic rings. The minimum absolute atomic E-state index is 0.108. The molecule has 0 spiro atoms. The Labute approximate surface area is 117 Å². The first kappa shape index (κ1) is 13.5. The van der Waals surface area contributed by atoms with Crippen LogP contribution in [0.25, 0.3) is 0 Å². The monoisotopic (exact) mass is 278 g/mol. The second-order valence-corrected chi connectivity index (χ2v) is 4.39. The number of hydrogen-bond donors (Lipinski definition) is 1. The van der Waals surface area contributed by atoms with Gasteiger partial charge in [-0.3, -0.25) is 0 Å². The van der Waals surface area contributed by atoms with Crippen LogP contribution in [0.3, 0.4) is 0 Å². The lowest BCUT2D eigenvalue weighted by molar-refractivity contribution is 0.292. The molecule has 0 bridgehead atoms. The summed E-state index contributed by atoms with van der Waals surface area (Å²) in [5, 5.41) is 3.18. The van der Waals surface area contributed by atoms with E-state index in [0.29, 0.717) is 12.6 Å². The number of nitrogens with zero attached hydrogens (tertiary/aromatic N) is 3. The molecule has 1 heterocycles. The van der Waals surface area contributed by atoms with Gasteiger partial charge in [0.05, 0.1) is 6.61 Å². The third kappa shape index (κ3) is 4.06. The summed E-state index contributed by atoms with van der Waals surface area (Å²) in [7, 11) is 0. The summed E-state index contributed by atoms with van der Waals surface area (Å²) < 4.78 is 5.35. The Morgan fingerprint density at radius 1 is 1.26 bits per heavy atom. The van der Waals surface area contributed by atoms with Gasteiger partial charge in [0.15, 0.2) is 0 Å². The molecule has 0 aliphatic rings. The van der Waals surface area contributed by atoms with E-state index in [4.69, 9.17) is 16.3 Å². The van der Waals surface area contributed by atoms with Gasteiger partial charge in [0.25, 0.3) is 0 Å². The molecule has 0 amide bonds. The van der Waals surface area contributed by atoms with Crippen LogP contribution in [0.5, 0.6) is 6.01 Å². The standard InChI is InChI=1S/C13H15ClN4O/c1-3-7-19-13-17-11(14)16-12(18-13)15-10-6-4-5-9(2)8-10/h4-6,8H,3,7H2,1-2H3,(H,15,16,17,18). The minimum atomic E-state index is 0.108. The fourth-order valence-corrected chi connectivity index (χ4v) is 1.65. The summed E-state index contributed by atoms with van der Waals surface area (Å²) in [5.41, 5.74) is 2.04. The van der Waals surface area contributed by atoms with Crippen molar-refractivity contribution in [1.82, 2.24) is 15.0 Å². The molecular formula is C13H15ClN4O. The van der Waals surface area contributed by atoms with E-state index in [-0.39, 0.29) is 11.3 Å². The molecule has 19 heavy (non-hydrogen) atoms. The van der Waals surface area contributed by atoms with Gasteiger partial charge in [-0.25, -0.2) is 0 Å². The van der Waals surface area contributed by atoms with Gasteiger partial charge in [-0.1, -0.05) is 19.1 Å². The van der Waals surface area contributed by atoms with Crippen molar-refractivity contribution in [2.24, 2.45) is 0 Å². The third-order valence-electron chi connectivity index (χ3n) is 2.30. The topological polar surface area (TPSA) is 59.9 Å². The molecule has 2 rings (SSSR count). The number of benzene rings is 1. The Balaban J connectivity index is 2.17. The zero-order chi connectivity index (χ0) is 13.7. The fourth-order valence-electron chi connectivity index (χ4n) is 1.50. The lowest BCUT2D eigenvalue weighted by Crippen LogP contribution is -2.04. The quantitative estimate of drug-likeness (QED) is 0.909. The van der Waals surface area contributed by atoms with E-state index < -0.39 is 0 Å². The molecular weight excluding hydrogens is 264 g/mol. The van der Waals surface area contributed by atoms with Crippen LogP contribution in [-0.4, -0.2) is 21.6 Å². The van der Waals surface area contributed by atoms with Gasteiger partial charge < -0.3 is 10.1 Å². The molecule has 0 saturated heterocycles. The summed E-state index contributed by atoms with van der Waals surface area (Å²) in [6.07, 6.45) is 0.879. The van der Waals surface area contributed by atoms with Crippen LogP contribution in [-0.2, 0) is 0 Å². The number of hydrogen-bond acceptors (Lipinski definition) is 5. The van der Waals surface area contributed by atoms with Crippen molar-refractivity contribution in [1.29, 1.82) is 0 Å². The van der Waals surface area contributed by atoms with Crippen molar-refractivity contribution >= 4 is 23.2 Å². The van der Waals surface area contributed by atoms with E-state index in [1.807, 2.05) is 38.1 Å². The normalized spacial score (nSPS) is 10.3. The van der Waals surface area contributed by atoms with Gasteiger partial charge in [0.1, 0.15) is 0 Å². The van der Waals surface area contributed by atoms with E-state index in [1.54, 1.807) is 0 Å². The fraction of sp³-hybridized carbons (Fsp3) is 0.308. The maximum absolute atomic E-state index is 5.84. The summed E-state index contributed by atoms with van der Waals surface area (Å²) >= 11 is 5.84. The lowest BCUT2D eigenvalue weighted by Gasteiger charge is -2.07. The SMILES string of the molecule is CCCOc1nc(Cl)nc(Nc2cccc(C)c2)n1. The first-order valence-electron chi connectivity index (χ1n) is 6.05. The molecule has 0 atom stereocenters. The molecule has 0 fully saturated rings. The Bertz CT molecular complexity index is 562. The lowest BCUT2D eigenvalue weighted by atomic mass is 10.2. The van der Waals surface area contributed by atoms with Gasteiger partial charge >= 0.3 is 6.01 Å². The number of aryl methyl sites for hydroxylation is 1. The maximum atomic E-state index is 5.84. The third-order valence-corrected chi connectivity index (χ3v) is 2.47. The van der Waals surface area contributed by atoms with Crippen molar-refractivity contribution in [2.45, 2.75) is 20.3 Å². The molecule has 0 aliphatic heterocycles. The zero-order valence-electron chi connectivity index (χ0n) is 10.9. The molecule has 5 nitrogen and oxygen atoms in total. The van der Waals surface area contributed by atoms with Crippen LogP contribution in [0.4, 0.5) is 11.6 Å². The Morgan fingerprint density at radius 3 is 2.84 bits per heavy atom. The molecule has 1 aromatic heterocycles.